The number of hydrogen-bond donors (Lipinski definition) is 0. The van der Waals surface area contributed by atoms with E-state index in [1.54, 1.807) is 0 Å². The van der Waals surface area contributed by atoms with Crippen molar-refractivity contribution in [3.05, 3.63) is 0 Å². The number of ether oxygens (including phenoxy) is 2. The van der Waals surface area contributed by atoms with Crippen molar-refractivity contribution in [1.29, 1.82) is 0 Å². The van der Waals surface area contributed by atoms with Crippen LogP contribution in [0.3, 0.4) is 0 Å². The van der Waals surface area contributed by atoms with Crippen molar-refractivity contribution >= 4 is 5.97 Å². The first-order chi connectivity index (χ1) is 10.3. The molecule has 0 radical (unpaired) electrons. The molecule has 0 spiro atoms. The maximum atomic E-state index is 12.8. The Kier molecular flexibility index (Phi) is 6.72. The van der Waals surface area contributed by atoms with Crippen LogP contribution in [0.5, 0.6) is 0 Å². The van der Waals surface area contributed by atoms with E-state index in [-0.39, 0.29) is 28.8 Å². The summed E-state index contributed by atoms with van der Waals surface area (Å²) in [5.41, 5.74) is -0.0311. The highest BCUT2D eigenvalue weighted by Crippen LogP contribution is 2.38. The number of esters is 1. The lowest BCUT2D eigenvalue weighted by Gasteiger charge is -2.37. The van der Waals surface area contributed by atoms with E-state index in [1.165, 1.54) is 19.3 Å². The fourth-order valence-corrected chi connectivity index (χ4v) is 3.28. The molecule has 1 rings (SSSR count). The Labute approximate surface area is 143 Å². The van der Waals surface area contributed by atoms with Crippen LogP contribution in [0.1, 0.15) is 93.9 Å². The smallest absolute Gasteiger partial charge is 0.311 e. The molecular weight excluding hydrogens is 288 g/mol. The molecule has 1 aliphatic carbocycles. The van der Waals surface area contributed by atoms with Gasteiger partial charge in [0, 0.05) is 13.8 Å². The van der Waals surface area contributed by atoms with Gasteiger partial charge in [0.15, 0.2) is 0 Å². The number of carbonyl (C=O) groups is 1. The second-order valence-corrected chi connectivity index (χ2v) is 9.88. The Bertz CT molecular complexity index is 379. The lowest BCUT2D eigenvalue weighted by atomic mass is 9.72. The fourth-order valence-electron chi connectivity index (χ4n) is 3.28. The van der Waals surface area contributed by atoms with E-state index in [0.29, 0.717) is 0 Å². The zero-order chi connectivity index (χ0) is 17.9. The van der Waals surface area contributed by atoms with E-state index >= 15 is 0 Å². The topological polar surface area (TPSA) is 35.5 Å². The molecule has 1 unspecified atom stereocenters. The third-order valence-electron chi connectivity index (χ3n) is 4.50. The van der Waals surface area contributed by atoms with Gasteiger partial charge >= 0.3 is 5.97 Å². The molecule has 0 aliphatic heterocycles. The molecule has 0 aromatic rings. The molecule has 1 aliphatic rings. The van der Waals surface area contributed by atoms with Gasteiger partial charge < -0.3 is 9.47 Å². The molecule has 0 aromatic carbocycles. The van der Waals surface area contributed by atoms with E-state index in [0.717, 1.165) is 19.3 Å². The SMILES string of the molecule is CC(C)(C)CC(C(=O)OC(C)(C)OC1CCCCC1)C(C)(C)C. The molecule has 0 amide bonds. The van der Waals surface area contributed by atoms with Gasteiger partial charge in [-0.25, -0.2) is 0 Å². The van der Waals surface area contributed by atoms with Crippen LogP contribution in [-0.4, -0.2) is 17.9 Å². The Morgan fingerprint density at radius 2 is 1.48 bits per heavy atom. The van der Waals surface area contributed by atoms with Crippen molar-refractivity contribution in [1.82, 2.24) is 0 Å². The summed E-state index contributed by atoms with van der Waals surface area (Å²) in [6, 6.07) is 0. The predicted molar refractivity (Wildman–Crippen MR) is 95.1 cm³/mol. The zero-order valence-corrected chi connectivity index (χ0v) is 16.6. The minimum absolute atomic E-state index is 0.0886. The van der Waals surface area contributed by atoms with E-state index in [4.69, 9.17) is 9.47 Å². The van der Waals surface area contributed by atoms with Gasteiger partial charge in [-0.2, -0.15) is 0 Å². The standard InChI is InChI=1S/C20H38O3/c1-18(2,3)14-16(19(4,5)6)17(21)23-20(7,8)22-15-12-10-9-11-13-15/h15-16H,9-14H2,1-8H3. The largest absolute Gasteiger partial charge is 0.433 e. The van der Waals surface area contributed by atoms with Gasteiger partial charge in [-0.05, 0) is 30.1 Å². The second kappa shape index (κ2) is 7.55. The van der Waals surface area contributed by atoms with Crippen LogP contribution in [0.15, 0.2) is 0 Å². The van der Waals surface area contributed by atoms with Crippen LogP contribution in [0.4, 0.5) is 0 Å². The highest BCUT2D eigenvalue weighted by molar-refractivity contribution is 5.73. The van der Waals surface area contributed by atoms with Crippen molar-refractivity contribution in [3.63, 3.8) is 0 Å². The van der Waals surface area contributed by atoms with Crippen LogP contribution >= 0.6 is 0 Å². The first-order valence-corrected chi connectivity index (χ1v) is 9.21. The van der Waals surface area contributed by atoms with Crippen molar-refractivity contribution in [2.24, 2.45) is 16.7 Å². The summed E-state index contributed by atoms with van der Waals surface area (Å²) in [4.78, 5) is 12.8. The molecule has 1 fully saturated rings. The van der Waals surface area contributed by atoms with Gasteiger partial charge in [0.05, 0.1) is 12.0 Å². The normalized spacial score (nSPS) is 19.5. The summed E-state index contributed by atoms with van der Waals surface area (Å²) in [6.45, 7) is 16.6. The Hall–Kier alpha value is -0.570. The molecule has 1 saturated carbocycles. The molecule has 3 nitrogen and oxygen atoms in total. The average molecular weight is 327 g/mol. The van der Waals surface area contributed by atoms with Crippen molar-refractivity contribution in [2.45, 2.75) is 106 Å². The molecular formula is C20H38O3. The average Bonchev–Trinajstić information content (AvgIpc) is 2.33. The Morgan fingerprint density at radius 1 is 0.957 bits per heavy atom. The third kappa shape index (κ3) is 7.69. The quantitative estimate of drug-likeness (QED) is 0.479. The highest BCUT2D eigenvalue weighted by Gasteiger charge is 2.39. The van der Waals surface area contributed by atoms with E-state index in [1.807, 2.05) is 13.8 Å². The number of hydrogen-bond acceptors (Lipinski definition) is 3. The molecule has 0 bridgehead atoms. The maximum Gasteiger partial charge on any atom is 0.311 e. The van der Waals surface area contributed by atoms with Crippen molar-refractivity contribution in [2.75, 3.05) is 0 Å². The highest BCUT2D eigenvalue weighted by atomic mass is 16.7. The minimum Gasteiger partial charge on any atom is -0.433 e. The van der Waals surface area contributed by atoms with Crippen LogP contribution in [0, 0.1) is 16.7 Å². The monoisotopic (exact) mass is 326 g/mol. The van der Waals surface area contributed by atoms with E-state index < -0.39 is 5.79 Å². The van der Waals surface area contributed by atoms with Gasteiger partial charge in [-0.15, -0.1) is 0 Å². The molecule has 136 valence electrons. The van der Waals surface area contributed by atoms with Crippen LogP contribution in [-0.2, 0) is 14.3 Å². The number of carbonyl (C=O) groups excluding carboxylic acids is 1. The molecule has 1 atom stereocenters. The number of rotatable bonds is 5. The molecule has 23 heavy (non-hydrogen) atoms. The van der Waals surface area contributed by atoms with Gasteiger partial charge in [0.1, 0.15) is 0 Å². The molecule has 0 saturated heterocycles. The van der Waals surface area contributed by atoms with Gasteiger partial charge in [-0.1, -0.05) is 60.8 Å². The lowest BCUT2D eigenvalue weighted by molar-refractivity contribution is -0.241. The van der Waals surface area contributed by atoms with Crippen LogP contribution < -0.4 is 0 Å². The van der Waals surface area contributed by atoms with E-state index in [9.17, 15) is 4.79 Å². The third-order valence-corrected chi connectivity index (χ3v) is 4.50. The van der Waals surface area contributed by atoms with Crippen molar-refractivity contribution < 1.29 is 14.3 Å². The summed E-state index contributed by atoms with van der Waals surface area (Å²) in [6.07, 6.45) is 6.90. The lowest BCUT2D eigenvalue weighted by Crippen LogP contribution is -2.41. The molecule has 0 aromatic heterocycles. The van der Waals surface area contributed by atoms with Gasteiger partial charge in [0.2, 0.25) is 5.79 Å². The van der Waals surface area contributed by atoms with Crippen LogP contribution in [0.2, 0.25) is 0 Å². The first kappa shape index (κ1) is 20.5. The van der Waals surface area contributed by atoms with Gasteiger partial charge in [0.25, 0.3) is 0 Å². The Balaban J connectivity index is 2.71. The summed E-state index contributed by atoms with van der Waals surface area (Å²) in [5, 5.41) is 0. The molecule has 3 heteroatoms. The first-order valence-electron chi connectivity index (χ1n) is 9.21. The molecule has 0 heterocycles. The summed E-state index contributed by atoms with van der Waals surface area (Å²) >= 11 is 0. The summed E-state index contributed by atoms with van der Waals surface area (Å²) in [5.74, 6) is -1.11. The minimum atomic E-state index is -0.847. The summed E-state index contributed by atoms with van der Waals surface area (Å²) in [7, 11) is 0. The molecule has 0 N–H and O–H groups in total. The Morgan fingerprint density at radius 3 is 1.91 bits per heavy atom. The summed E-state index contributed by atoms with van der Waals surface area (Å²) < 4.78 is 11.9. The van der Waals surface area contributed by atoms with Gasteiger partial charge in [-0.3, -0.25) is 4.79 Å². The van der Waals surface area contributed by atoms with Crippen molar-refractivity contribution in [3.8, 4) is 0 Å². The maximum absolute atomic E-state index is 12.8. The zero-order valence-electron chi connectivity index (χ0n) is 16.6. The second-order valence-electron chi connectivity index (χ2n) is 9.88. The predicted octanol–water partition coefficient (Wildman–Crippen LogP) is 5.71. The van der Waals surface area contributed by atoms with E-state index in [2.05, 4.69) is 41.5 Å². The van der Waals surface area contributed by atoms with Crippen LogP contribution in [0.25, 0.3) is 0 Å². The fraction of sp³-hybridized carbons (Fsp3) is 0.950.